The summed E-state index contributed by atoms with van der Waals surface area (Å²) in [7, 11) is 1.65. The smallest absolute Gasteiger partial charge is 0.124 e. The second kappa shape index (κ2) is 5.72. The van der Waals surface area contributed by atoms with E-state index < -0.39 is 6.10 Å². The van der Waals surface area contributed by atoms with Gasteiger partial charge in [-0.2, -0.15) is 0 Å². The quantitative estimate of drug-likeness (QED) is 0.814. The molecule has 0 bridgehead atoms. The van der Waals surface area contributed by atoms with E-state index in [-0.39, 0.29) is 0 Å². The van der Waals surface area contributed by atoms with E-state index >= 15 is 0 Å². The molecule has 1 aliphatic rings. The van der Waals surface area contributed by atoms with Crippen LogP contribution < -0.4 is 10.1 Å². The van der Waals surface area contributed by atoms with Crippen molar-refractivity contribution in [3.8, 4) is 5.75 Å². The van der Waals surface area contributed by atoms with Crippen molar-refractivity contribution in [2.24, 2.45) is 0 Å². The molecule has 0 radical (unpaired) electrons. The van der Waals surface area contributed by atoms with Gasteiger partial charge >= 0.3 is 0 Å². The molecule has 3 nitrogen and oxygen atoms in total. The highest BCUT2D eigenvalue weighted by molar-refractivity contribution is 5.40. The summed E-state index contributed by atoms with van der Waals surface area (Å²) in [6.45, 7) is 4.91. The molecule has 0 amide bonds. The molecule has 1 aliphatic carbocycles. The number of rotatable bonds is 6. The minimum atomic E-state index is -0.501. The molecule has 1 unspecified atom stereocenters. The lowest BCUT2D eigenvalue weighted by atomic mass is 9.98. The summed E-state index contributed by atoms with van der Waals surface area (Å²) in [6.07, 6.45) is 1.96. The summed E-state index contributed by atoms with van der Waals surface area (Å²) in [5, 5.41) is 13.6. The van der Waals surface area contributed by atoms with Crippen LogP contribution in [-0.2, 0) is 0 Å². The van der Waals surface area contributed by atoms with E-state index in [1.165, 1.54) is 18.4 Å². The van der Waals surface area contributed by atoms with Crippen molar-refractivity contribution in [3.63, 3.8) is 0 Å². The van der Waals surface area contributed by atoms with Gasteiger partial charge in [0.25, 0.3) is 0 Å². The molecule has 18 heavy (non-hydrogen) atoms. The van der Waals surface area contributed by atoms with Gasteiger partial charge in [0.1, 0.15) is 5.75 Å². The Morgan fingerprint density at radius 1 is 1.39 bits per heavy atom. The highest BCUT2D eigenvalue weighted by atomic mass is 16.5. The Balaban J connectivity index is 2.13. The number of hydrogen-bond donors (Lipinski definition) is 2. The van der Waals surface area contributed by atoms with E-state index in [1.807, 2.05) is 6.07 Å². The van der Waals surface area contributed by atoms with Crippen molar-refractivity contribution < 1.29 is 9.84 Å². The van der Waals surface area contributed by atoms with Gasteiger partial charge in [0.05, 0.1) is 13.2 Å². The van der Waals surface area contributed by atoms with Gasteiger partial charge in [0, 0.05) is 18.2 Å². The molecule has 0 aromatic heterocycles. The van der Waals surface area contributed by atoms with Crippen LogP contribution in [-0.4, -0.2) is 24.8 Å². The van der Waals surface area contributed by atoms with Crippen LogP contribution in [0.2, 0.25) is 0 Å². The second-order valence-corrected chi connectivity index (χ2v) is 5.35. The van der Waals surface area contributed by atoms with E-state index in [2.05, 4.69) is 31.3 Å². The third kappa shape index (κ3) is 3.24. The van der Waals surface area contributed by atoms with Crippen LogP contribution in [0.1, 0.15) is 49.8 Å². The van der Waals surface area contributed by atoms with Gasteiger partial charge in [-0.1, -0.05) is 19.9 Å². The van der Waals surface area contributed by atoms with E-state index in [9.17, 15) is 5.11 Å². The van der Waals surface area contributed by atoms with Gasteiger partial charge in [-0.25, -0.2) is 0 Å². The highest BCUT2D eigenvalue weighted by Crippen LogP contribution is 2.29. The molecule has 0 heterocycles. The van der Waals surface area contributed by atoms with Crippen molar-refractivity contribution >= 4 is 0 Å². The molecule has 1 saturated carbocycles. The molecule has 1 atom stereocenters. The first-order valence-corrected chi connectivity index (χ1v) is 6.71. The summed E-state index contributed by atoms with van der Waals surface area (Å²) in [6, 6.07) is 6.68. The van der Waals surface area contributed by atoms with E-state index in [4.69, 9.17) is 4.74 Å². The van der Waals surface area contributed by atoms with Crippen LogP contribution in [0.5, 0.6) is 5.75 Å². The van der Waals surface area contributed by atoms with Crippen LogP contribution >= 0.6 is 0 Å². The van der Waals surface area contributed by atoms with Gasteiger partial charge in [-0.3, -0.25) is 0 Å². The first kappa shape index (κ1) is 13.4. The number of methoxy groups -OCH3 is 1. The fourth-order valence-corrected chi connectivity index (χ4v) is 2.05. The fourth-order valence-electron chi connectivity index (χ4n) is 2.05. The second-order valence-electron chi connectivity index (χ2n) is 5.35. The van der Waals surface area contributed by atoms with Gasteiger partial charge in [0.15, 0.2) is 0 Å². The zero-order chi connectivity index (χ0) is 13.1. The van der Waals surface area contributed by atoms with Crippen LogP contribution in [0.3, 0.4) is 0 Å². The van der Waals surface area contributed by atoms with E-state index in [0.717, 1.165) is 11.3 Å². The number of hydrogen-bond acceptors (Lipinski definition) is 3. The topological polar surface area (TPSA) is 41.5 Å². The van der Waals surface area contributed by atoms with Crippen LogP contribution in [0.15, 0.2) is 18.2 Å². The van der Waals surface area contributed by atoms with Crippen LogP contribution in [0, 0.1) is 0 Å². The average Bonchev–Trinajstić information content (AvgIpc) is 3.19. The summed E-state index contributed by atoms with van der Waals surface area (Å²) in [5.41, 5.74) is 2.12. The van der Waals surface area contributed by atoms with Crippen molar-refractivity contribution in [2.75, 3.05) is 13.7 Å². The summed E-state index contributed by atoms with van der Waals surface area (Å²) < 4.78 is 5.34. The molecule has 0 saturated heterocycles. The Bertz CT molecular complexity index is 399. The Morgan fingerprint density at radius 3 is 2.67 bits per heavy atom. The minimum Gasteiger partial charge on any atom is -0.496 e. The number of nitrogens with one attached hydrogen (secondary N) is 1. The maximum Gasteiger partial charge on any atom is 0.124 e. The van der Waals surface area contributed by atoms with Crippen LogP contribution in [0.25, 0.3) is 0 Å². The molecule has 0 spiro atoms. The predicted octanol–water partition coefficient (Wildman–Crippen LogP) is 2.60. The summed E-state index contributed by atoms with van der Waals surface area (Å²) in [5.74, 6) is 1.22. The molecular weight excluding hydrogens is 226 g/mol. The molecule has 2 rings (SSSR count). The monoisotopic (exact) mass is 249 g/mol. The van der Waals surface area contributed by atoms with Crippen molar-refractivity contribution in [3.05, 3.63) is 29.3 Å². The molecular formula is C15H23NO2. The van der Waals surface area contributed by atoms with Gasteiger partial charge < -0.3 is 15.2 Å². The van der Waals surface area contributed by atoms with E-state index in [0.29, 0.717) is 18.5 Å². The van der Waals surface area contributed by atoms with Crippen LogP contribution in [0.4, 0.5) is 0 Å². The Labute approximate surface area is 109 Å². The first-order valence-electron chi connectivity index (χ1n) is 6.71. The third-order valence-electron chi connectivity index (χ3n) is 3.46. The maximum absolute atomic E-state index is 10.3. The zero-order valence-electron chi connectivity index (χ0n) is 11.4. The van der Waals surface area contributed by atoms with E-state index in [1.54, 1.807) is 7.11 Å². The normalized spacial score (nSPS) is 16.9. The molecule has 2 N–H and O–H groups in total. The minimum absolute atomic E-state index is 0.457. The molecule has 1 aromatic rings. The summed E-state index contributed by atoms with van der Waals surface area (Å²) in [4.78, 5) is 0. The highest BCUT2D eigenvalue weighted by Gasteiger charge is 2.23. The number of ether oxygens (including phenoxy) is 1. The summed E-state index contributed by atoms with van der Waals surface area (Å²) >= 11 is 0. The predicted molar refractivity (Wildman–Crippen MR) is 73.1 cm³/mol. The Kier molecular flexibility index (Phi) is 4.25. The number of benzene rings is 1. The van der Waals surface area contributed by atoms with Gasteiger partial charge in [0.2, 0.25) is 0 Å². The Hall–Kier alpha value is -1.06. The molecule has 100 valence electrons. The van der Waals surface area contributed by atoms with Crippen molar-refractivity contribution in [1.82, 2.24) is 5.32 Å². The van der Waals surface area contributed by atoms with Gasteiger partial charge in [-0.15, -0.1) is 0 Å². The van der Waals surface area contributed by atoms with Crippen molar-refractivity contribution in [2.45, 2.75) is 44.8 Å². The number of aliphatic hydroxyl groups excluding tert-OH is 1. The first-order chi connectivity index (χ1) is 8.61. The third-order valence-corrected chi connectivity index (χ3v) is 3.46. The van der Waals surface area contributed by atoms with Gasteiger partial charge in [-0.05, 0) is 36.5 Å². The SMILES string of the molecule is COc1ccc(C(C)C)cc1C(O)CNC1CC1. The average molecular weight is 249 g/mol. The van der Waals surface area contributed by atoms with Crippen molar-refractivity contribution in [1.29, 1.82) is 0 Å². The molecule has 3 heteroatoms. The number of aliphatic hydroxyl groups is 1. The Morgan fingerprint density at radius 2 is 2.11 bits per heavy atom. The zero-order valence-corrected chi connectivity index (χ0v) is 11.4. The maximum atomic E-state index is 10.3. The lowest BCUT2D eigenvalue weighted by molar-refractivity contribution is 0.170. The largest absolute Gasteiger partial charge is 0.496 e. The molecule has 1 aromatic carbocycles. The lowest BCUT2D eigenvalue weighted by Gasteiger charge is -2.17. The molecule has 0 aliphatic heterocycles. The standard InChI is InChI=1S/C15H23NO2/c1-10(2)11-4-7-15(18-3)13(8-11)14(17)9-16-12-5-6-12/h4,7-8,10,12,14,16-17H,5-6,9H2,1-3H3. The fraction of sp³-hybridized carbons (Fsp3) is 0.600. The molecule has 1 fully saturated rings. The lowest BCUT2D eigenvalue weighted by Crippen LogP contribution is -2.23.